The average molecular weight is 396 g/mol. The van der Waals surface area contributed by atoms with Crippen molar-refractivity contribution >= 4 is 23.3 Å². The Hall–Kier alpha value is -3.02. The van der Waals surface area contributed by atoms with Crippen molar-refractivity contribution in [3.05, 3.63) is 54.1 Å². The van der Waals surface area contributed by atoms with Crippen molar-refractivity contribution in [3.8, 4) is 5.75 Å². The maximum absolute atomic E-state index is 12.8. The summed E-state index contributed by atoms with van der Waals surface area (Å²) in [5, 5.41) is 3.27. The minimum Gasteiger partial charge on any atom is -0.482 e. The third kappa shape index (κ3) is 5.08. The Bertz CT molecular complexity index is 861. The first-order valence-corrected chi connectivity index (χ1v) is 9.97. The first-order chi connectivity index (χ1) is 13.9. The van der Waals surface area contributed by atoms with Crippen LogP contribution in [0.3, 0.4) is 0 Å². The molecule has 0 aromatic heterocycles. The number of amides is 1. The molecule has 1 aliphatic heterocycles. The van der Waals surface area contributed by atoms with Gasteiger partial charge in [-0.15, -0.1) is 0 Å². The molecule has 6 heteroatoms. The first kappa shape index (κ1) is 20.7. The van der Waals surface area contributed by atoms with E-state index in [1.165, 1.54) is 5.56 Å². The smallest absolute Gasteiger partial charge is 0.344 e. The molecule has 154 valence electrons. The van der Waals surface area contributed by atoms with Gasteiger partial charge in [0.2, 0.25) is 0 Å². The minimum atomic E-state index is -0.674. The molecule has 0 unspecified atom stereocenters. The molecule has 0 bridgehead atoms. The second-order valence-electron chi connectivity index (χ2n) is 7.58. The van der Waals surface area contributed by atoms with Gasteiger partial charge in [-0.25, -0.2) is 4.79 Å². The summed E-state index contributed by atoms with van der Waals surface area (Å²) in [5.74, 6) is 0.225. The van der Waals surface area contributed by atoms with E-state index in [9.17, 15) is 9.59 Å². The topological polar surface area (TPSA) is 67.9 Å². The normalized spacial score (nSPS) is 14.7. The van der Waals surface area contributed by atoms with Crippen LogP contribution in [0.4, 0.5) is 11.4 Å². The number of carbonyl (C=O) groups is 2. The lowest BCUT2D eigenvalue weighted by Gasteiger charge is -2.39. The van der Waals surface area contributed by atoms with Crippen molar-refractivity contribution in [2.24, 2.45) is 0 Å². The summed E-state index contributed by atoms with van der Waals surface area (Å²) in [6.45, 7) is 6.39. The number of ether oxygens (including phenoxy) is 2. The van der Waals surface area contributed by atoms with Gasteiger partial charge in [0.15, 0.2) is 6.61 Å². The van der Waals surface area contributed by atoms with Crippen molar-refractivity contribution in [1.29, 1.82) is 0 Å². The third-order valence-corrected chi connectivity index (χ3v) is 4.90. The summed E-state index contributed by atoms with van der Waals surface area (Å²) in [5.41, 5.74) is 2.32. The zero-order valence-electron chi connectivity index (χ0n) is 17.2. The van der Waals surface area contributed by atoms with Crippen LogP contribution < -0.4 is 15.0 Å². The van der Waals surface area contributed by atoms with Crippen LogP contribution in [0, 0.1) is 0 Å². The molecule has 0 saturated carbocycles. The van der Waals surface area contributed by atoms with Crippen LogP contribution in [0.2, 0.25) is 0 Å². The maximum atomic E-state index is 12.8. The van der Waals surface area contributed by atoms with E-state index in [0.717, 1.165) is 17.8 Å². The first-order valence-electron chi connectivity index (χ1n) is 9.97. The monoisotopic (exact) mass is 396 g/mol. The Kier molecular flexibility index (Phi) is 6.42. The van der Waals surface area contributed by atoms with Gasteiger partial charge in [0.05, 0.1) is 18.0 Å². The van der Waals surface area contributed by atoms with E-state index in [4.69, 9.17) is 9.47 Å². The van der Waals surface area contributed by atoms with E-state index in [1.807, 2.05) is 62.4 Å². The van der Waals surface area contributed by atoms with Crippen LogP contribution in [0.25, 0.3) is 0 Å². The summed E-state index contributed by atoms with van der Waals surface area (Å²) in [4.78, 5) is 26.5. The Morgan fingerprint density at radius 3 is 2.55 bits per heavy atom. The van der Waals surface area contributed by atoms with Gasteiger partial charge in [-0.2, -0.15) is 0 Å². The van der Waals surface area contributed by atoms with Crippen LogP contribution in [-0.4, -0.2) is 37.2 Å². The Morgan fingerprint density at radius 2 is 1.83 bits per heavy atom. The maximum Gasteiger partial charge on any atom is 0.344 e. The molecule has 0 radical (unpaired) electrons. The largest absolute Gasteiger partial charge is 0.482 e. The zero-order valence-corrected chi connectivity index (χ0v) is 17.2. The molecule has 0 aliphatic carbocycles. The molecule has 0 spiro atoms. The highest BCUT2D eigenvalue weighted by atomic mass is 16.6. The molecule has 0 saturated heterocycles. The molecule has 0 fully saturated rings. The zero-order chi connectivity index (χ0) is 20.9. The highest BCUT2D eigenvalue weighted by molar-refractivity contribution is 6.07. The second-order valence-corrected chi connectivity index (χ2v) is 7.58. The van der Waals surface area contributed by atoms with Gasteiger partial charge in [0, 0.05) is 6.54 Å². The summed E-state index contributed by atoms with van der Waals surface area (Å²) in [6.07, 6.45) is 1.51. The lowest BCUT2D eigenvalue weighted by Crippen LogP contribution is -2.54. The van der Waals surface area contributed by atoms with E-state index in [-0.39, 0.29) is 19.1 Å². The Morgan fingerprint density at radius 1 is 1.10 bits per heavy atom. The number of fused-ring (bicyclic) bond motifs is 1. The number of para-hydroxylation sites is 2. The number of carbonyl (C=O) groups excluding carboxylic acids is 2. The van der Waals surface area contributed by atoms with Gasteiger partial charge in [0.25, 0.3) is 5.91 Å². The minimum absolute atomic E-state index is 0.00128. The van der Waals surface area contributed by atoms with E-state index in [1.54, 1.807) is 4.90 Å². The van der Waals surface area contributed by atoms with Crippen LogP contribution in [0.1, 0.15) is 32.8 Å². The lowest BCUT2D eigenvalue weighted by molar-refractivity contribution is -0.146. The summed E-state index contributed by atoms with van der Waals surface area (Å²) in [7, 11) is 0. The SMILES string of the molecule is CCc1ccc(OCC(=O)OCCCN2C(=O)C(C)(C)Nc3ccccc32)cc1. The Labute approximate surface area is 171 Å². The fourth-order valence-corrected chi connectivity index (χ4v) is 3.29. The predicted octanol–water partition coefficient (Wildman–Crippen LogP) is 3.80. The standard InChI is InChI=1S/C23H28N2O4/c1-4-17-10-12-18(13-11-17)29-16-21(26)28-15-7-14-25-20-9-6-5-8-19(20)24-23(2,3)22(25)27/h5-6,8-13,24H,4,7,14-16H2,1-3H3. The summed E-state index contributed by atoms with van der Waals surface area (Å²) >= 11 is 0. The molecule has 3 rings (SSSR count). The van der Waals surface area contributed by atoms with Crippen LogP contribution >= 0.6 is 0 Å². The fourth-order valence-electron chi connectivity index (χ4n) is 3.29. The molecule has 2 aromatic carbocycles. The molecular weight excluding hydrogens is 368 g/mol. The van der Waals surface area contributed by atoms with Gasteiger partial charge in [-0.05, 0) is 56.5 Å². The summed E-state index contributed by atoms with van der Waals surface area (Å²) < 4.78 is 10.7. The number of benzene rings is 2. The van der Waals surface area contributed by atoms with E-state index >= 15 is 0 Å². The second kappa shape index (κ2) is 8.99. The van der Waals surface area contributed by atoms with Crippen molar-refractivity contribution in [2.75, 3.05) is 30.0 Å². The van der Waals surface area contributed by atoms with Crippen LogP contribution in [0.5, 0.6) is 5.75 Å². The molecule has 0 atom stereocenters. The quantitative estimate of drug-likeness (QED) is 0.543. The predicted molar refractivity (Wildman–Crippen MR) is 113 cm³/mol. The average Bonchev–Trinajstić information content (AvgIpc) is 2.72. The Balaban J connectivity index is 1.46. The molecule has 1 heterocycles. The van der Waals surface area contributed by atoms with Crippen molar-refractivity contribution < 1.29 is 19.1 Å². The van der Waals surface area contributed by atoms with E-state index in [2.05, 4.69) is 12.2 Å². The highest BCUT2D eigenvalue weighted by Crippen LogP contribution is 2.34. The van der Waals surface area contributed by atoms with Gasteiger partial charge >= 0.3 is 5.97 Å². The van der Waals surface area contributed by atoms with Gasteiger partial charge < -0.3 is 19.7 Å². The molecule has 29 heavy (non-hydrogen) atoms. The van der Waals surface area contributed by atoms with Crippen molar-refractivity contribution in [1.82, 2.24) is 0 Å². The lowest BCUT2D eigenvalue weighted by atomic mass is 9.98. The fraction of sp³-hybridized carbons (Fsp3) is 0.391. The van der Waals surface area contributed by atoms with E-state index < -0.39 is 11.5 Å². The van der Waals surface area contributed by atoms with Gasteiger partial charge in [-0.1, -0.05) is 31.2 Å². The van der Waals surface area contributed by atoms with Gasteiger partial charge in [0.1, 0.15) is 11.3 Å². The van der Waals surface area contributed by atoms with Crippen LogP contribution in [0.15, 0.2) is 48.5 Å². The van der Waals surface area contributed by atoms with Gasteiger partial charge in [-0.3, -0.25) is 4.79 Å². The number of nitrogens with zero attached hydrogens (tertiary/aromatic N) is 1. The van der Waals surface area contributed by atoms with Crippen molar-refractivity contribution in [2.45, 2.75) is 39.2 Å². The number of hydrogen-bond donors (Lipinski definition) is 1. The third-order valence-electron chi connectivity index (χ3n) is 4.90. The van der Waals surface area contributed by atoms with E-state index in [0.29, 0.717) is 18.7 Å². The highest BCUT2D eigenvalue weighted by Gasteiger charge is 2.38. The molecule has 2 aromatic rings. The molecule has 1 N–H and O–H groups in total. The summed E-state index contributed by atoms with van der Waals surface area (Å²) in [6, 6.07) is 15.4. The van der Waals surface area contributed by atoms with Crippen LogP contribution in [-0.2, 0) is 20.7 Å². The molecule has 6 nitrogen and oxygen atoms in total. The number of nitrogens with one attached hydrogen (secondary N) is 1. The molecule has 1 aliphatic rings. The number of rotatable bonds is 8. The van der Waals surface area contributed by atoms with Crippen molar-refractivity contribution in [3.63, 3.8) is 0 Å². The molecular formula is C23H28N2O4. The number of aryl methyl sites for hydroxylation is 1. The number of anilines is 2. The molecule has 1 amide bonds. The number of esters is 1. The number of hydrogen-bond acceptors (Lipinski definition) is 5.